The zero-order valence-electron chi connectivity index (χ0n) is 16.7. The highest BCUT2D eigenvalue weighted by Gasteiger charge is 2.34. The van der Waals surface area contributed by atoms with Gasteiger partial charge in [-0.15, -0.1) is 11.8 Å². The Morgan fingerprint density at radius 1 is 1.03 bits per heavy atom. The van der Waals surface area contributed by atoms with Crippen molar-refractivity contribution in [2.45, 2.75) is 19.2 Å². The predicted molar refractivity (Wildman–Crippen MR) is 127 cm³/mol. The average molecular weight is 481 g/mol. The number of carbonyl (C=O) groups excluding carboxylic acids is 2. The van der Waals surface area contributed by atoms with Gasteiger partial charge in [-0.3, -0.25) is 14.5 Å². The highest BCUT2D eigenvalue weighted by Crippen LogP contribution is 2.42. The molecule has 3 aromatic carbocycles. The molecule has 0 bridgehead atoms. The molecule has 2 amide bonds. The monoisotopic (exact) mass is 480 g/mol. The van der Waals surface area contributed by atoms with Crippen LogP contribution in [0.1, 0.15) is 32.4 Å². The number of rotatable bonds is 4. The van der Waals surface area contributed by atoms with Crippen molar-refractivity contribution in [3.05, 3.63) is 93.5 Å². The van der Waals surface area contributed by atoms with Crippen molar-refractivity contribution in [2.75, 3.05) is 16.0 Å². The van der Waals surface area contributed by atoms with Crippen molar-refractivity contribution < 1.29 is 9.59 Å². The number of thioether (sulfide) groups is 1. The van der Waals surface area contributed by atoms with E-state index in [4.69, 9.17) is 0 Å². The number of amides is 2. The largest absolute Gasteiger partial charge is 0.322 e. The van der Waals surface area contributed by atoms with Gasteiger partial charge in [-0.25, -0.2) is 0 Å². The molecule has 30 heavy (non-hydrogen) atoms. The second-order valence-corrected chi connectivity index (χ2v) is 9.35. The molecule has 3 aromatic rings. The summed E-state index contributed by atoms with van der Waals surface area (Å²) in [7, 11) is 0. The van der Waals surface area contributed by atoms with Crippen LogP contribution in [0.5, 0.6) is 0 Å². The van der Waals surface area contributed by atoms with Crippen molar-refractivity contribution in [2.24, 2.45) is 0 Å². The summed E-state index contributed by atoms with van der Waals surface area (Å²) in [5.41, 5.74) is 5.44. The van der Waals surface area contributed by atoms with Crippen LogP contribution in [0.4, 0.5) is 11.4 Å². The highest BCUT2D eigenvalue weighted by atomic mass is 79.9. The van der Waals surface area contributed by atoms with E-state index in [9.17, 15) is 9.59 Å². The molecule has 1 heterocycles. The lowest BCUT2D eigenvalue weighted by molar-refractivity contribution is -0.115. The van der Waals surface area contributed by atoms with Crippen LogP contribution < -0.4 is 10.2 Å². The van der Waals surface area contributed by atoms with Crippen LogP contribution in [-0.4, -0.2) is 17.6 Å². The third-order valence-corrected chi connectivity index (χ3v) is 6.57. The van der Waals surface area contributed by atoms with Gasteiger partial charge in [0.05, 0.1) is 5.75 Å². The zero-order valence-corrected chi connectivity index (χ0v) is 19.1. The Morgan fingerprint density at radius 2 is 1.77 bits per heavy atom. The van der Waals surface area contributed by atoms with E-state index in [0.717, 1.165) is 26.9 Å². The maximum Gasteiger partial charge on any atom is 0.255 e. The van der Waals surface area contributed by atoms with Gasteiger partial charge in [0.25, 0.3) is 5.91 Å². The molecular formula is C24H21BrN2O2S. The molecule has 1 aliphatic rings. The molecule has 0 spiro atoms. The first-order chi connectivity index (χ1) is 14.4. The molecule has 0 radical (unpaired) electrons. The van der Waals surface area contributed by atoms with E-state index in [1.807, 2.05) is 67.3 Å². The Kier molecular flexibility index (Phi) is 5.97. The Labute approximate surface area is 188 Å². The van der Waals surface area contributed by atoms with E-state index in [-0.39, 0.29) is 17.2 Å². The minimum atomic E-state index is -0.172. The number of carbonyl (C=O) groups is 2. The summed E-state index contributed by atoms with van der Waals surface area (Å²) in [6, 6.07) is 21.2. The van der Waals surface area contributed by atoms with Crippen LogP contribution in [-0.2, 0) is 4.79 Å². The third-order valence-electron chi connectivity index (χ3n) is 4.87. The molecule has 0 saturated carbocycles. The fraction of sp³-hybridized carbons (Fsp3) is 0.167. The van der Waals surface area contributed by atoms with Crippen molar-refractivity contribution in [1.82, 2.24) is 0 Å². The first kappa shape index (κ1) is 20.7. The maximum atomic E-state index is 12.7. The number of nitrogens with zero attached hydrogens (tertiary/aromatic N) is 1. The quantitative estimate of drug-likeness (QED) is 0.490. The fourth-order valence-electron chi connectivity index (χ4n) is 3.64. The Hall–Kier alpha value is -2.57. The molecule has 1 atom stereocenters. The van der Waals surface area contributed by atoms with E-state index < -0.39 is 0 Å². The summed E-state index contributed by atoms with van der Waals surface area (Å²) >= 11 is 5.00. The number of benzene rings is 3. The van der Waals surface area contributed by atoms with Crippen LogP contribution >= 0.6 is 27.7 Å². The van der Waals surface area contributed by atoms with Crippen molar-refractivity contribution >= 4 is 50.9 Å². The highest BCUT2D eigenvalue weighted by molar-refractivity contribution is 9.10. The number of nitrogens with one attached hydrogen (secondary N) is 1. The molecule has 4 nitrogen and oxygen atoms in total. The lowest BCUT2D eigenvalue weighted by atomic mass is 10.1. The standard InChI is InChI=1S/C24H21BrN2O2S/c1-15-9-16(2)11-21(10-15)27-22(28)14-30-24(27)18-6-4-8-20(13-18)26-23(29)17-5-3-7-19(25)12-17/h3-13,24H,14H2,1-2H3,(H,26,29). The van der Waals surface area contributed by atoms with Crippen LogP contribution in [0.15, 0.2) is 71.2 Å². The smallest absolute Gasteiger partial charge is 0.255 e. The second kappa shape index (κ2) is 8.66. The molecule has 0 aliphatic carbocycles. The van der Waals surface area contributed by atoms with Crippen molar-refractivity contribution in [3.63, 3.8) is 0 Å². The Morgan fingerprint density at radius 3 is 2.50 bits per heavy atom. The van der Waals surface area contributed by atoms with Crippen molar-refractivity contribution in [1.29, 1.82) is 0 Å². The van der Waals surface area contributed by atoms with Crippen LogP contribution in [0, 0.1) is 13.8 Å². The van der Waals surface area contributed by atoms with E-state index in [2.05, 4.69) is 27.3 Å². The van der Waals surface area contributed by atoms with E-state index in [1.165, 1.54) is 0 Å². The number of anilines is 2. The molecule has 1 saturated heterocycles. The minimum Gasteiger partial charge on any atom is -0.322 e. The summed E-state index contributed by atoms with van der Waals surface area (Å²) in [5, 5.41) is 2.84. The molecule has 6 heteroatoms. The molecule has 1 fully saturated rings. The zero-order chi connectivity index (χ0) is 21.3. The summed E-state index contributed by atoms with van der Waals surface area (Å²) in [4.78, 5) is 27.2. The summed E-state index contributed by atoms with van der Waals surface area (Å²) in [6.45, 7) is 4.08. The van der Waals surface area contributed by atoms with Gasteiger partial charge < -0.3 is 5.32 Å². The summed E-state index contributed by atoms with van der Waals surface area (Å²) in [5.74, 6) is 0.361. The van der Waals surface area contributed by atoms with Gasteiger partial charge in [0.1, 0.15) is 5.37 Å². The number of aryl methyl sites for hydroxylation is 2. The second-order valence-electron chi connectivity index (χ2n) is 7.36. The lowest BCUT2D eigenvalue weighted by Crippen LogP contribution is -2.28. The van der Waals surface area contributed by atoms with Gasteiger partial charge in [0.2, 0.25) is 5.91 Å². The number of halogens is 1. The Balaban J connectivity index is 1.61. The Bertz CT molecular complexity index is 1110. The first-order valence-corrected chi connectivity index (χ1v) is 11.4. The van der Waals surface area contributed by atoms with Crippen LogP contribution in [0.2, 0.25) is 0 Å². The summed E-state index contributed by atoms with van der Waals surface area (Å²) < 4.78 is 0.855. The maximum absolute atomic E-state index is 12.7. The normalized spacial score (nSPS) is 16.0. The topological polar surface area (TPSA) is 49.4 Å². The molecular weight excluding hydrogens is 460 g/mol. The van der Waals surface area contributed by atoms with Crippen LogP contribution in [0.25, 0.3) is 0 Å². The van der Waals surface area contributed by atoms with Gasteiger partial charge in [-0.2, -0.15) is 0 Å². The minimum absolute atomic E-state index is 0.0959. The predicted octanol–water partition coefficient (Wildman–Crippen LogP) is 6.10. The van der Waals surface area contributed by atoms with E-state index >= 15 is 0 Å². The number of hydrogen-bond donors (Lipinski definition) is 1. The van der Waals surface area contributed by atoms with E-state index in [0.29, 0.717) is 17.0 Å². The lowest BCUT2D eigenvalue weighted by Gasteiger charge is -2.25. The van der Waals surface area contributed by atoms with Crippen molar-refractivity contribution in [3.8, 4) is 0 Å². The van der Waals surface area contributed by atoms with E-state index in [1.54, 1.807) is 23.9 Å². The van der Waals surface area contributed by atoms with Gasteiger partial charge in [0, 0.05) is 21.4 Å². The molecule has 1 unspecified atom stereocenters. The number of hydrogen-bond acceptors (Lipinski definition) is 3. The molecule has 152 valence electrons. The van der Waals surface area contributed by atoms with Gasteiger partial charge in [-0.05, 0) is 73.0 Å². The fourth-order valence-corrected chi connectivity index (χ4v) is 5.21. The molecule has 4 rings (SSSR count). The molecule has 1 N–H and O–H groups in total. The van der Waals surface area contributed by atoms with Gasteiger partial charge in [0.15, 0.2) is 0 Å². The first-order valence-electron chi connectivity index (χ1n) is 9.59. The average Bonchev–Trinajstić information content (AvgIpc) is 3.09. The summed E-state index contributed by atoms with van der Waals surface area (Å²) in [6.07, 6.45) is 0. The van der Waals surface area contributed by atoms with Gasteiger partial charge in [-0.1, -0.05) is 40.2 Å². The third kappa shape index (κ3) is 4.45. The van der Waals surface area contributed by atoms with Crippen LogP contribution in [0.3, 0.4) is 0 Å². The SMILES string of the molecule is Cc1cc(C)cc(N2C(=O)CSC2c2cccc(NC(=O)c3cccc(Br)c3)c2)c1. The molecule has 0 aromatic heterocycles. The molecule has 1 aliphatic heterocycles. The van der Waals surface area contributed by atoms with Gasteiger partial charge >= 0.3 is 0 Å².